The predicted molar refractivity (Wildman–Crippen MR) is 99.0 cm³/mol. The first kappa shape index (κ1) is 15.7. The van der Waals surface area contributed by atoms with Gasteiger partial charge in [0.05, 0.1) is 0 Å². The molecule has 122 valence electrons. The van der Waals surface area contributed by atoms with Crippen LogP contribution in [0.2, 0.25) is 5.02 Å². The molecule has 2 aromatic rings. The molecule has 1 unspecified atom stereocenters. The van der Waals surface area contributed by atoms with Gasteiger partial charge in [-0.3, -0.25) is 4.99 Å². The van der Waals surface area contributed by atoms with Gasteiger partial charge in [0.1, 0.15) is 5.82 Å². The summed E-state index contributed by atoms with van der Waals surface area (Å²) in [4.78, 5) is 6.90. The highest BCUT2D eigenvalue weighted by molar-refractivity contribution is 8.16. The number of benzene rings is 2. The first-order valence-corrected chi connectivity index (χ1v) is 9.18. The quantitative estimate of drug-likeness (QED) is 0.743. The summed E-state index contributed by atoms with van der Waals surface area (Å²) < 4.78 is 13.4. The van der Waals surface area contributed by atoms with Crippen LogP contribution in [-0.2, 0) is 0 Å². The van der Waals surface area contributed by atoms with Crippen molar-refractivity contribution in [3.05, 3.63) is 81.6 Å². The lowest BCUT2D eigenvalue weighted by Gasteiger charge is -2.30. The van der Waals surface area contributed by atoms with E-state index in [-0.39, 0.29) is 11.7 Å². The summed E-state index contributed by atoms with van der Waals surface area (Å²) in [6.07, 6.45) is 1.05. The fraction of sp³-hybridized carbons (Fsp3) is 0.211. The number of allylic oxidation sites excluding steroid dienone is 1. The van der Waals surface area contributed by atoms with Crippen molar-refractivity contribution in [3.63, 3.8) is 0 Å². The van der Waals surface area contributed by atoms with Crippen LogP contribution in [0.3, 0.4) is 0 Å². The lowest BCUT2D eigenvalue weighted by molar-refractivity contribution is 0.465. The fourth-order valence-corrected chi connectivity index (χ4v) is 4.28. The second-order valence-corrected chi connectivity index (χ2v) is 7.14. The SMILES string of the molecule is Fc1ccc(C(C2=CSC3=NCCCN23)c2ccc(Cl)cc2)cc1. The molecule has 0 aliphatic carbocycles. The van der Waals surface area contributed by atoms with Crippen molar-refractivity contribution in [1.29, 1.82) is 0 Å². The molecule has 0 N–H and O–H groups in total. The third kappa shape index (κ3) is 2.96. The Morgan fingerprint density at radius 2 is 1.71 bits per heavy atom. The molecular formula is C19H16ClFN2S. The monoisotopic (exact) mass is 358 g/mol. The number of hydrogen-bond donors (Lipinski definition) is 0. The summed E-state index contributed by atoms with van der Waals surface area (Å²) in [5.74, 6) is -0.176. The van der Waals surface area contributed by atoms with Crippen LogP contribution in [0, 0.1) is 5.82 Å². The Balaban J connectivity index is 1.78. The normalized spacial score (nSPS) is 18.0. The minimum absolute atomic E-state index is 0.0427. The van der Waals surface area contributed by atoms with Crippen molar-refractivity contribution in [2.24, 2.45) is 4.99 Å². The van der Waals surface area contributed by atoms with Gasteiger partial charge in [0.2, 0.25) is 0 Å². The van der Waals surface area contributed by atoms with E-state index in [4.69, 9.17) is 11.6 Å². The molecule has 2 aliphatic heterocycles. The molecule has 0 amide bonds. The van der Waals surface area contributed by atoms with Crippen LogP contribution in [0.15, 0.2) is 64.6 Å². The van der Waals surface area contributed by atoms with Crippen LogP contribution in [0.4, 0.5) is 4.39 Å². The Hall–Kier alpha value is -1.78. The summed E-state index contributed by atoms with van der Waals surface area (Å²) in [5.41, 5.74) is 3.41. The Morgan fingerprint density at radius 1 is 1.04 bits per heavy atom. The van der Waals surface area contributed by atoms with E-state index in [9.17, 15) is 4.39 Å². The first-order chi connectivity index (χ1) is 11.7. The average molecular weight is 359 g/mol. The molecule has 0 bridgehead atoms. The number of hydrogen-bond acceptors (Lipinski definition) is 3. The summed E-state index contributed by atoms with van der Waals surface area (Å²) in [5, 5.41) is 3.95. The van der Waals surface area contributed by atoms with Crippen LogP contribution in [0.5, 0.6) is 0 Å². The van der Waals surface area contributed by atoms with Gasteiger partial charge < -0.3 is 4.90 Å². The third-order valence-corrected chi connectivity index (χ3v) is 5.49. The molecule has 0 saturated carbocycles. The van der Waals surface area contributed by atoms with E-state index < -0.39 is 0 Å². The van der Waals surface area contributed by atoms with Crippen LogP contribution in [0.1, 0.15) is 23.5 Å². The van der Waals surface area contributed by atoms with Crippen molar-refractivity contribution in [1.82, 2.24) is 4.90 Å². The Kier molecular flexibility index (Phi) is 4.33. The van der Waals surface area contributed by atoms with Crippen LogP contribution in [0.25, 0.3) is 0 Å². The van der Waals surface area contributed by atoms with Gasteiger partial charge in [-0.2, -0.15) is 0 Å². The van der Waals surface area contributed by atoms with Crippen LogP contribution >= 0.6 is 23.4 Å². The number of aliphatic imine (C=N–C) groups is 1. The molecule has 2 aromatic carbocycles. The van der Waals surface area contributed by atoms with Gasteiger partial charge in [0.15, 0.2) is 5.17 Å². The van der Waals surface area contributed by atoms with E-state index >= 15 is 0 Å². The number of halogens is 2. The van der Waals surface area contributed by atoms with Crippen molar-refractivity contribution in [3.8, 4) is 0 Å². The zero-order chi connectivity index (χ0) is 16.5. The third-order valence-electron chi connectivity index (χ3n) is 4.32. The summed E-state index contributed by atoms with van der Waals surface area (Å²) in [6, 6.07) is 14.7. The number of thioether (sulfide) groups is 1. The molecule has 1 atom stereocenters. The van der Waals surface area contributed by atoms with E-state index in [1.54, 1.807) is 11.8 Å². The molecule has 5 heteroatoms. The fourth-order valence-electron chi connectivity index (χ4n) is 3.17. The standard InChI is InChI=1S/C19H16ClFN2S/c20-15-6-2-13(3-7-15)18(14-4-8-16(21)9-5-14)17-12-24-19-22-10-1-11-23(17)19/h2-9,12,18H,1,10-11H2. The summed E-state index contributed by atoms with van der Waals surface area (Å²) in [7, 11) is 0. The van der Waals surface area contributed by atoms with E-state index in [2.05, 4.69) is 15.3 Å². The highest BCUT2D eigenvalue weighted by atomic mass is 35.5. The van der Waals surface area contributed by atoms with Crippen molar-refractivity contribution in [2.75, 3.05) is 13.1 Å². The maximum absolute atomic E-state index is 13.4. The topological polar surface area (TPSA) is 15.6 Å². The van der Waals surface area contributed by atoms with Gasteiger partial charge in [-0.05, 0) is 47.2 Å². The molecule has 0 saturated heterocycles. The van der Waals surface area contributed by atoms with Gasteiger partial charge in [-0.25, -0.2) is 4.39 Å². The first-order valence-electron chi connectivity index (χ1n) is 7.92. The number of rotatable bonds is 3. The minimum atomic E-state index is -0.219. The molecule has 0 aromatic heterocycles. The maximum Gasteiger partial charge on any atom is 0.167 e. The molecule has 0 fully saturated rings. The largest absolute Gasteiger partial charge is 0.323 e. The summed E-state index contributed by atoms with van der Waals surface area (Å²) in [6.45, 7) is 1.87. The molecule has 0 radical (unpaired) electrons. The number of nitrogens with zero attached hydrogens (tertiary/aromatic N) is 2. The van der Waals surface area contributed by atoms with Gasteiger partial charge >= 0.3 is 0 Å². The number of amidine groups is 1. The lowest BCUT2D eigenvalue weighted by atomic mass is 9.88. The Labute approximate surface area is 150 Å². The van der Waals surface area contributed by atoms with E-state index in [1.165, 1.54) is 17.8 Å². The molecular weight excluding hydrogens is 343 g/mol. The Bertz CT molecular complexity index is 754. The molecule has 24 heavy (non-hydrogen) atoms. The number of fused-ring (bicyclic) bond motifs is 1. The van der Waals surface area contributed by atoms with Gasteiger partial charge in [0, 0.05) is 29.7 Å². The second-order valence-electron chi connectivity index (χ2n) is 5.87. The Morgan fingerprint density at radius 3 is 2.42 bits per heavy atom. The molecule has 2 aliphatic rings. The average Bonchev–Trinajstić information content (AvgIpc) is 3.03. The molecule has 4 rings (SSSR count). The highest BCUT2D eigenvalue weighted by Gasteiger charge is 2.31. The van der Waals surface area contributed by atoms with Gasteiger partial charge in [0.25, 0.3) is 0 Å². The maximum atomic E-state index is 13.4. The van der Waals surface area contributed by atoms with E-state index in [0.717, 1.165) is 35.8 Å². The highest BCUT2D eigenvalue weighted by Crippen LogP contribution is 2.41. The van der Waals surface area contributed by atoms with Crippen molar-refractivity contribution < 1.29 is 4.39 Å². The van der Waals surface area contributed by atoms with E-state index in [0.29, 0.717) is 5.02 Å². The van der Waals surface area contributed by atoms with Gasteiger partial charge in [-0.15, -0.1) is 0 Å². The zero-order valence-electron chi connectivity index (χ0n) is 13.0. The second kappa shape index (κ2) is 6.61. The van der Waals surface area contributed by atoms with E-state index in [1.807, 2.05) is 36.4 Å². The zero-order valence-corrected chi connectivity index (χ0v) is 14.5. The predicted octanol–water partition coefficient (Wildman–Crippen LogP) is 5.26. The molecule has 2 heterocycles. The smallest absolute Gasteiger partial charge is 0.167 e. The lowest BCUT2D eigenvalue weighted by Crippen LogP contribution is -2.32. The van der Waals surface area contributed by atoms with Crippen molar-refractivity contribution in [2.45, 2.75) is 12.3 Å². The van der Waals surface area contributed by atoms with Gasteiger partial charge in [-0.1, -0.05) is 47.6 Å². The van der Waals surface area contributed by atoms with Crippen LogP contribution in [-0.4, -0.2) is 23.2 Å². The van der Waals surface area contributed by atoms with Crippen molar-refractivity contribution >= 4 is 28.5 Å². The molecule has 2 nitrogen and oxygen atoms in total. The minimum Gasteiger partial charge on any atom is -0.323 e. The molecule has 0 spiro atoms. The van der Waals surface area contributed by atoms with Crippen LogP contribution < -0.4 is 0 Å². The summed E-state index contributed by atoms with van der Waals surface area (Å²) >= 11 is 7.73.